The number of rotatable bonds is 3. The van der Waals surface area contributed by atoms with Crippen molar-refractivity contribution < 1.29 is 4.79 Å². The summed E-state index contributed by atoms with van der Waals surface area (Å²) in [4.78, 5) is 14.0. The molecular formula is C13H25NO. The molecule has 0 aromatic rings. The van der Waals surface area contributed by atoms with Crippen LogP contribution in [-0.4, -0.2) is 23.9 Å². The van der Waals surface area contributed by atoms with Crippen LogP contribution in [0.25, 0.3) is 0 Å². The minimum absolute atomic E-state index is 0.189. The van der Waals surface area contributed by atoms with Gasteiger partial charge in [0.1, 0.15) is 0 Å². The molecule has 0 bridgehead atoms. The van der Waals surface area contributed by atoms with Gasteiger partial charge in [0.25, 0.3) is 0 Å². The smallest absolute Gasteiger partial charge is 0.225 e. The minimum Gasteiger partial charge on any atom is -0.343 e. The van der Waals surface area contributed by atoms with Crippen molar-refractivity contribution in [2.45, 2.75) is 58.9 Å². The van der Waals surface area contributed by atoms with E-state index in [9.17, 15) is 4.79 Å². The van der Waals surface area contributed by atoms with E-state index in [0.29, 0.717) is 11.9 Å². The van der Waals surface area contributed by atoms with Crippen LogP contribution < -0.4 is 0 Å². The molecule has 15 heavy (non-hydrogen) atoms. The normalized spacial score (nSPS) is 28.5. The first-order valence-electron chi connectivity index (χ1n) is 6.32. The third kappa shape index (κ3) is 3.22. The van der Waals surface area contributed by atoms with Gasteiger partial charge < -0.3 is 4.90 Å². The fraction of sp³-hybridized carbons (Fsp3) is 0.923. The van der Waals surface area contributed by atoms with Gasteiger partial charge in [-0.25, -0.2) is 0 Å². The molecule has 0 N–H and O–H groups in total. The van der Waals surface area contributed by atoms with Crippen LogP contribution in [0, 0.1) is 11.8 Å². The molecule has 0 aliphatic heterocycles. The van der Waals surface area contributed by atoms with Crippen molar-refractivity contribution in [2.24, 2.45) is 11.8 Å². The zero-order valence-electron chi connectivity index (χ0n) is 10.6. The lowest BCUT2D eigenvalue weighted by molar-refractivity contribution is -0.136. The van der Waals surface area contributed by atoms with Gasteiger partial charge >= 0.3 is 0 Å². The molecule has 1 aliphatic carbocycles. The molecule has 2 nitrogen and oxygen atoms in total. The molecule has 88 valence electrons. The summed E-state index contributed by atoms with van der Waals surface area (Å²) in [5.74, 6) is 1.37. The van der Waals surface area contributed by atoms with E-state index in [4.69, 9.17) is 0 Å². The van der Waals surface area contributed by atoms with E-state index in [1.54, 1.807) is 0 Å². The van der Waals surface area contributed by atoms with E-state index in [2.05, 4.69) is 13.8 Å². The van der Waals surface area contributed by atoms with Crippen LogP contribution in [0.2, 0.25) is 0 Å². The molecule has 2 heteroatoms. The minimum atomic E-state index is 0.189. The predicted octanol–water partition coefficient (Wildman–Crippen LogP) is 3.07. The molecule has 0 spiro atoms. The van der Waals surface area contributed by atoms with E-state index in [0.717, 1.165) is 12.3 Å². The quantitative estimate of drug-likeness (QED) is 0.702. The van der Waals surface area contributed by atoms with E-state index < -0.39 is 0 Å². The predicted molar refractivity (Wildman–Crippen MR) is 63.6 cm³/mol. The summed E-state index contributed by atoms with van der Waals surface area (Å²) in [5.41, 5.74) is 0. The highest BCUT2D eigenvalue weighted by Gasteiger charge is 2.26. The third-order valence-electron chi connectivity index (χ3n) is 3.91. The molecule has 0 saturated heterocycles. The lowest BCUT2D eigenvalue weighted by atomic mass is 9.86. The molecule has 1 saturated carbocycles. The van der Waals surface area contributed by atoms with Gasteiger partial charge in [0.2, 0.25) is 5.91 Å². The highest BCUT2D eigenvalue weighted by atomic mass is 16.2. The summed E-state index contributed by atoms with van der Waals surface area (Å²) >= 11 is 0. The Morgan fingerprint density at radius 3 is 2.33 bits per heavy atom. The van der Waals surface area contributed by atoms with Gasteiger partial charge in [-0.1, -0.05) is 20.8 Å². The van der Waals surface area contributed by atoms with E-state index in [1.165, 1.54) is 25.7 Å². The molecular weight excluding hydrogens is 186 g/mol. The van der Waals surface area contributed by atoms with E-state index >= 15 is 0 Å². The van der Waals surface area contributed by atoms with Crippen LogP contribution in [0.15, 0.2) is 0 Å². The SMILES string of the molecule is CCC(C)C(=O)N(C)C1CCC(C)CC1. The summed E-state index contributed by atoms with van der Waals surface area (Å²) in [7, 11) is 1.98. The number of nitrogens with zero attached hydrogens (tertiary/aromatic N) is 1. The molecule has 1 aliphatic rings. The summed E-state index contributed by atoms with van der Waals surface area (Å²) in [6.45, 7) is 6.43. The Balaban J connectivity index is 2.46. The average Bonchev–Trinajstić information content (AvgIpc) is 2.27. The Morgan fingerprint density at radius 1 is 1.33 bits per heavy atom. The van der Waals surface area contributed by atoms with Crippen molar-refractivity contribution in [1.82, 2.24) is 4.90 Å². The topological polar surface area (TPSA) is 20.3 Å². The first kappa shape index (κ1) is 12.5. The first-order chi connectivity index (χ1) is 7.06. The van der Waals surface area contributed by atoms with Crippen molar-refractivity contribution >= 4 is 5.91 Å². The van der Waals surface area contributed by atoms with Crippen LogP contribution in [-0.2, 0) is 4.79 Å². The van der Waals surface area contributed by atoms with Crippen molar-refractivity contribution in [2.75, 3.05) is 7.05 Å². The Kier molecular flexibility index (Phi) is 4.62. The maximum Gasteiger partial charge on any atom is 0.225 e. The van der Waals surface area contributed by atoms with Gasteiger partial charge in [0.15, 0.2) is 0 Å². The first-order valence-corrected chi connectivity index (χ1v) is 6.32. The zero-order valence-corrected chi connectivity index (χ0v) is 10.6. The van der Waals surface area contributed by atoms with Gasteiger partial charge in [-0.15, -0.1) is 0 Å². The Hall–Kier alpha value is -0.530. The Morgan fingerprint density at radius 2 is 1.87 bits per heavy atom. The van der Waals surface area contributed by atoms with Gasteiger partial charge in [-0.05, 0) is 38.0 Å². The number of hydrogen-bond acceptors (Lipinski definition) is 1. The lowest BCUT2D eigenvalue weighted by Crippen LogP contribution is -2.41. The molecule has 0 aromatic carbocycles. The van der Waals surface area contributed by atoms with Gasteiger partial charge in [0, 0.05) is 19.0 Å². The second-order valence-corrected chi connectivity index (χ2v) is 5.17. The fourth-order valence-electron chi connectivity index (χ4n) is 2.33. The number of carbonyl (C=O) groups is 1. The summed E-state index contributed by atoms with van der Waals surface area (Å²) in [6.07, 6.45) is 5.90. The zero-order chi connectivity index (χ0) is 11.4. The van der Waals surface area contributed by atoms with Crippen LogP contribution >= 0.6 is 0 Å². The third-order valence-corrected chi connectivity index (χ3v) is 3.91. The van der Waals surface area contributed by atoms with E-state index in [1.807, 2.05) is 18.9 Å². The van der Waals surface area contributed by atoms with Crippen molar-refractivity contribution in [3.8, 4) is 0 Å². The van der Waals surface area contributed by atoms with Crippen LogP contribution in [0.1, 0.15) is 52.9 Å². The molecule has 0 aromatic heterocycles. The summed E-state index contributed by atoms with van der Waals surface area (Å²) in [5, 5.41) is 0. The maximum absolute atomic E-state index is 12.0. The molecule has 0 radical (unpaired) electrons. The standard InChI is InChI=1S/C13H25NO/c1-5-11(3)13(15)14(4)12-8-6-10(2)7-9-12/h10-12H,5-9H2,1-4H3. The average molecular weight is 211 g/mol. The number of amides is 1. The molecule has 1 fully saturated rings. The van der Waals surface area contributed by atoms with Gasteiger partial charge in [-0.2, -0.15) is 0 Å². The van der Waals surface area contributed by atoms with E-state index in [-0.39, 0.29) is 5.92 Å². The number of carbonyl (C=O) groups excluding carboxylic acids is 1. The molecule has 1 atom stereocenters. The summed E-state index contributed by atoms with van der Waals surface area (Å²) in [6, 6.07) is 0.502. The Labute approximate surface area is 94.0 Å². The van der Waals surface area contributed by atoms with Crippen molar-refractivity contribution in [3.05, 3.63) is 0 Å². The number of hydrogen-bond donors (Lipinski definition) is 0. The second-order valence-electron chi connectivity index (χ2n) is 5.17. The van der Waals surface area contributed by atoms with Gasteiger partial charge in [-0.3, -0.25) is 4.79 Å². The largest absolute Gasteiger partial charge is 0.343 e. The Bertz CT molecular complexity index is 207. The monoisotopic (exact) mass is 211 g/mol. The molecule has 1 amide bonds. The molecule has 1 rings (SSSR count). The second kappa shape index (κ2) is 5.53. The van der Waals surface area contributed by atoms with Crippen LogP contribution in [0.3, 0.4) is 0 Å². The highest BCUT2D eigenvalue weighted by Crippen LogP contribution is 2.27. The van der Waals surface area contributed by atoms with Gasteiger partial charge in [0.05, 0.1) is 0 Å². The highest BCUT2D eigenvalue weighted by molar-refractivity contribution is 5.78. The lowest BCUT2D eigenvalue weighted by Gasteiger charge is -2.34. The van der Waals surface area contributed by atoms with Crippen molar-refractivity contribution in [3.63, 3.8) is 0 Å². The molecule has 0 heterocycles. The van der Waals surface area contributed by atoms with Crippen molar-refractivity contribution in [1.29, 1.82) is 0 Å². The molecule has 1 unspecified atom stereocenters. The summed E-state index contributed by atoms with van der Waals surface area (Å²) < 4.78 is 0. The van der Waals surface area contributed by atoms with Crippen LogP contribution in [0.5, 0.6) is 0 Å². The van der Waals surface area contributed by atoms with Crippen LogP contribution in [0.4, 0.5) is 0 Å². The maximum atomic E-state index is 12.0. The fourth-order valence-corrected chi connectivity index (χ4v) is 2.33.